The molecule has 2 heterocycles. The smallest absolute Gasteiger partial charge is 0.278 e. The Bertz CT molecular complexity index is 1030. The molecule has 0 atom stereocenters. The van der Waals surface area contributed by atoms with Crippen molar-refractivity contribution >= 4 is 22.4 Å². The van der Waals surface area contributed by atoms with Gasteiger partial charge in [-0.25, -0.2) is 0 Å². The van der Waals surface area contributed by atoms with Crippen LogP contribution >= 0.6 is 0 Å². The molecule has 5 rings (SSSR count). The Morgan fingerprint density at radius 1 is 0.719 bits per heavy atom. The molecule has 0 radical (unpaired) electrons. The number of rotatable bonds is 5. The topological polar surface area (TPSA) is 32.4 Å². The number of anilines is 1. The highest BCUT2D eigenvalue weighted by Gasteiger charge is 2.28. The second-order valence-corrected chi connectivity index (χ2v) is 9.20. The van der Waals surface area contributed by atoms with Gasteiger partial charge in [0.05, 0.1) is 52.4 Å². The van der Waals surface area contributed by atoms with Crippen molar-refractivity contribution in [2.24, 2.45) is 0 Å². The average Bonchev–Trinajstić information content (AvgIpc) is 2.86. The number of para-hydroxylation sites is 1. The predicted molar refractivity (Wildman–Crippen MR) is 129 cm³/mol. The number of fused-ring (bicyclic) bond motifs is 1. The fourth-order valence-corrected chi connectivity index (χ4v) is 5.19. The normalized spacial score (nSPS) is 18.2. The lowest BCUT2D eigenvalue weighted by atomic mass is 10.0. The quantitative estimate of drug-likeness (QED) is 0.617. The number of nitrogens with zero attached hydrogens (tertiary/aromatic N) is 2. The zero-order valence-electron chi connectivity index (χ0n) is 18.8. The van der Waals surface area contributed by atoms with Crippen LogP contribution in [0.3, 0.4) is 0 Å². The third-order valence-electron chi connectivity index (χ3n) is 7.14. The first-order valence-corrected chi connectivity index (χ1v) is 12.0. The van der Waals surface area contributed by atoms with Crippen LogP contribution in [0.25, 0.3) is 10.8 Å². The molecule has 2 N–H and O–H groups in total. The Kier molecular flexibility index (Phi) is 6.37. The minimum atomic E-state index is 0.331. The van der Waals surface area contributed by atoms with E-state index in [-0.39, 0.29) is 0 Å². The van der Waals surface area contributed by atoms with Gasteiger partial charge >= 0.3 is 0 Å². The fraction of sp³-hybridized carbons (Fsp3) is 0.370. The highest BCUT2D eigenvalue weighted by Crippen LogP contribution is 2.17. The number of carbonyl (C=O) groups is 1. The van der Waals surface area contributed by atoms with Crippen molar-refractivity contribution in [3.05, 3.63) is 78.4 Å². The van der Waals surface area contributed by atoms with E-state index in [9.17, 15) is 4.79 Å². The van der Waals surface area contributed by atoms with Crippen LogP contribution in [0.4, 0.5) is 5.69 Å². The van der Waals surface area contributed by atoms with Crippen molar-refractivity contribution in [2.75, 3.05) is 63.8 Å². The van der Waals surface area contributed by atoms with E-state index in [1.165, 1.54) is 26.9 Å². The molecular formula is C27H34N4O+2. The van der Waals surface area contributed by atoms with Gasteiger partial charge < -0.3 is 19.6 Å². The molecule has 2 fully saturated rings. The molecule has 0 unspecified atom stereocenters. The lowest BCUT2D eigenvalue weighted by Crippen LogP contribution is -3.16. The zero-order chi connectivity index (χ0) is 21.8. The molecular weight excluding hydrogens is 396 g/mol. The second kappa shape index (κ2) is 9.72. The number of hydrogen-bond donors (Lipinski definition) is 2. The van der Waals surface area contributed by atoms with Crippen LogP contribution in [-0.4, -0.2) is 69.7 Å². The fourth-order valence-electron chi connectivity index (χ4n) is 5.19. The number of hydrogen-bond acceptors (Lipinski definition) is 2. The summed E-state index contributed by atoms with van der Waals surface area (Å²) in [5, 5.41) is 2.67. The van der Waals surface area contributed by atoms with Crippen molar-refractivity contribution in [1.82, 2.24) is 4.90 Å². The molecule has 0 bridgehead atoms. The van der Waals surface area contributed by atoms with Crippen LogP contribution in [0, 0.1) is 0 Å². The SMILES string of the molecule is O=C(C[NH+]1CCN(c2ccccc2)CC1)N1CC[NH+](Cc2cccc3ccccc23)CC1. The monoisotopic (exact) mass is 430 g/mol. The molecule has 166 valence electrons. The highest BCUT2D eigenvalue weighted by molar-refractivity contribution is 5.85. The van der Waals surface area contributed by atoms with E-state index in [0.717, 1.165) is 58.9 Å². The summed E-state index contributed by atoms with van der Waals surface area (Å²) in [6.07, 6.45) is 0. The van der Waals surface area contributed by atoms with Gasteiger partial charge in [0.25, 0.3) is 5.91 Å². The maximum absolute atomic E-state index is 12.9. The number of carbonyl (C=O) groups excluding carboxylic acids is 1. The standard InChI is InChI=1S/C27H32N4O/c32-27(22-29-13-17-30(18-14-29)25-10-2-1-3-11-25)31-19-15-28(16-20-31)21-24-9-6-8-23-7-4-5-12-26(23)24/h1-12H,13-22H2/p+2. The van der Waals surface area contributed by atoms with E-state index in [1.54, 1.807) is 4.90 Å². The van der Waals surface area contributed by atoms with E-state index in [2.05, 4.69) is 82.6 Å². The van der Waals surface area contributed by atoms with Gasteiger partial charge in [0.1, 0.15) is 6.54 Å². The molecule has 32 heavy (non-hydrogen) atoms. The van der Waals surface area contributed by atoms with Crippen LogP contribution in [0.2, 0.25) is 0 Å². The lowest BCUT2D eigenvalue weighted by molar-refractivity contribution is -0.917. The summed E-state index contributed by atoms with van der Waals surface area (Å²) in [6, 6.07) is 25.9. The number of piperazine rings is 2. The van der Waals surface area contributed by atoms with Crippen molar-refractivity contribution in [3.63, 3.8) is 0 Å². The molecule has 3 aromatic rings. The van der Waals surface area contributed by atoms with Crippen molar-refractivity contribution in [1.29, 1.82) is 0 Å². The first-order chi connectivity index (χ1) is 15.8. The largest absolute Gasteiger partial charge is 0.360 e. The van der Waals surface area contributed by atoms with Crippen LogP contribution in [0.15, 0.2) is 72.8 Å². The van der Waals surface area contributed by atoms with E-state index >= 15 is 0 Å². The van der Waals surface area contributed by atoms with Gasteiger partial charge in [-0.3, -0.25) is 4.79 Å². The third kappa shape index (κ3) is 4.79. The Morgan fingerprint density at radius 2 is 1.38 bits per heavy atom. The van der Waals surface area contributed by atoms with Crippen molar-refractivity contribution < 1.29 is 14.6 Å². The van der Waals surface area contributed by atoms with Gasteiger partial charge in [0.15, 0.2) is 6.54 Å². The minimum Gasteiger partial charge on any atom is -0.360 e. The van der Waals surface area contributed by atoms with E-state index < -0.39 is 0 Å². The number of nitrogens with one attached hydrogen (secondary N) is 2. The summed E-state index contributed by atoms with van der Waals surface area (Å²) < 4.78 is 0. The summed E-state index contributed by atoms with van der Waals surface area (Å²) >= 11 is 0. The van der Waals surface area contributed by atoms with Crippen LogP contribution in [0.1, 0.15) is 5.56 Å². The molecule has 5 nitrogen and oxygen atoms in total. The molecule has 0 aliphatic carbocycles. The molecule has 2 aliphatic heterocycles. The van der Waals surface area contributed by atoms with Gasteiger partial charge in [-0.05, 0) is 22.9 Å². The molecule has 2 aliphatic rings. The van der Waals surface area contributed by atoms with Gasteiger partial charge in [-0.2, -0.15) is 0 Å². The van der Waals surface area contributed by atoms with E-state index in [4.69, 9.17) is 0 Å². The van der Waals surface area contributed by atoms with E-state index in [1.807, 2.05) is 0 Å². The van der Waals surface area contributed by atoms with Gasteiger partial charge in [-0.15, -0.1) is 0 Å². The maximum Gasteiger partial charge on any atom is 0.278 e. The summed E-state index contributed by atoms with van der Waals surface area (Å²) in [4.78, 5) is 20.5. The van der Waals surface area contributed by atoms with Crippen LogP contribution < -0.4 is 14.7 Å². The number of amides is 1. The van der Waals surface area contributed by atoms with E-state index in [0.29, 0.717) is 12.5 Å². The highest BCUT2D eigenvalue weighted by atomic mass is 16.2. The first-order valence-electron chi connectivity index (χ1n) is 12.0. The van der Waals surface area contributed by atoms with Gasteiger partial charge in [-0.1, -0.05) is 60.7 Å². The van der Waals surface area contributed by atoms with Crippen LogP contribution in [0.5, 0.6) is 0 Å². The predicted octanol–water partition coefficient (Wildman–Crippen LogP) is 0.472. The molecule has 0 saturated carbocycles. The first kappa shape index (κ1) is 21.0. The summed E-state index contributed by atoms with van der Waals surface area (Å²) in [6.45, 7) is 9.62. The Balaban J connectivity index is 1.09. The van der Waals surface area contributed by atoms with Crippen molar-refractivity contribution in [2.45, 2.75) is 6.54 Å². The molecule has 5 heteroatoms. The van der Waals surface area contributed by atoms with Crippen LogP contribution in [-0.2, 0) is 11.3 Å². The number of quaternary nitrogens is 2. The second-order valence-electron chi connectivity index (χ2n) is 9.20. The molecule has 0 aromatic heterocycles. The zero-order valence-corrected chi connectivity index (χ0v) is 18.8. The Hall–Kier alpha value is -2.89. The van der Waals surface area contributed by atoms with Gasteiger partial charge in [0.2, 0.25) is 0 Å². The lowest BCUT2D eigenvalue weighted by Gasteiger charge is -2.36. The molecule has 0 spiro atoms. The third-order valence-corrected chi connectivity index (χ3v) is 7.14. The number of benzene rings is 3. The average molecular weight is 431 g/mol. The maximum atomic E-state index is 12.9. The summed E-state index contributed by atoms with van der Waals surface area (Å²) in [5.41, 5.74) is 2.71. The van der Waals surface area contributed by atoms with Crippen molar-refractivity contribution in [3.8, 4) is 0 Å². The molecule has 3 aromatic carbocycles. The molecule has 1 amide bonds. The molecule has 2 saturated heterocycles. The van der Waals surface area contributed by atoms with Gasteiger partial charge in [0, 0.05) is 11.3 Å². The summed E-state index contributed by atoms with van der Waals surface area (Å²) in [5.74, 6) is 0.331. The minimum absolute atomic E-state index is 0.331. The summed E-state index contributed by atoms with van der Waals surface area (Å²) in [7, 11) is 0. The Labute approximate surface area is 190 Å². The Morgan fingerprint density at radius 3 is 2.16 bits per heavy atom.